The molecular weight excluding hydrogens is 418 g/mol. The molecule has 0 saturated heterocycles. The number of carbonyl (C=O) groups excluding carboxylic acids is 1. The topological polar surface area (TPSA) is 91.2 Å². The predicted octanol–water partition coefficient (Wildman–Crippen LogP) is 4.15. The number of nitrogens with zero attached hydrogens (tertiary/aromatic N) is 4. The number of hydrogen-bond donors (Lipinski definition) is 1. The van der Waals surface area contributed by atoms with Crippen molar-refractivity contribution in [1.29, 1.82) is 0 Å². The maximum atomic E-state index is 12.9. The second kappa shape index (κ2) is 7.44. The van der Waals surface area contributed by atoms with Crippen LogP contribution in [0.1, 0.15) is 34.9 Å². The average Bonchev–Trinajstić information content (AvgIpc) is 3.42. The highest BCUT2D eigenvalue weighted by Crippen LogP contribution is 2.45. The van der Waals surface area contributed by atoms with Crippen molar-refractivity contribution < 1.29 is 14.3 Å². The Morgan fingerprint density at radius 2 is 1.73 bits per heavy atom. The number of aromatic nitrogens is 4. The fourth-order valence-electron chi connectivity index (χ4n) is 4.52. The first-order chi connectivity index (χ1) is 16.1. The van der Waals surface area contributed by atoms with E-state index < -0.39 is 0 Å². The van der Waals surface area contributed by atoms with E-state index in [2.05, 4.69) is 15.3 Å². The molecule has 164 valence electrons. The molecular formula is C25H21N5O3. The number of rotatable bonds is 3. The van der Waals surface area contributed by atoms with Crippen molar-refractivity contribution in [2.45, 2.75) is 26.2 Å². The summed E-state index contributed by atoms with van der Waals surface area (Å²) in [6.45, 7) is 4.03. The summed E-state index contributed by atoms with van der Waals surface area (Å²) in [7, 11) is 0. The van der Waals surface area contributed by atoms with Gasteiger partial charge < -0.3 is 14.8 Å². The second-order valence-corrected chi connectivity index (χ2v) is 8.26. The summed E-state index contributed by atoms with van der Waals surface area (Å²) in [5, 5.41) is 7.95. The number of carbonyl (C=O) groups is 1. The molecule has 0 unspecified atom stereocenters. The van der Waals surface area contributed by atoms with Crippen LogP contribution < -0.4 is 14.8 Å². The first-order valence-corrected chi connectivity index (χ1v) is 10.8. The Balaban J connectivity index is 1.59. The number of amides is 1. The summed E-state index contributed by atoms with van der Waals surface area (Å²) < 4.78 is 12.7. The lowest BCUT2D eigenvalue weighted by Crippen LogP contribution is -2.25. The molecule has 0 aliphatic carbocycles. The van der Waals surface area contributed by atoms with Crippen LogP contribution in [0, 0.1) is 13.8 Å². The van der Waals surface area contributed by atoms with Gasteiger partial charge in [-0.05, 0) is 37.6 Å². The van der Waals surface area contributed by atoms with E-state index in [1.54, 1.807) is 4.68 Å². The monoisotopic (exact) mass is 439 g/mol. The normalized spacial score (nSPS) is 16.4. The van der Waals surface area contributed by atoms with E-state index in [0.717, 1.165) is 33.8 Å². The van der Waals surface area contributed by atoms with Gasteiger partial charge in [0.1, 0.15) is 5.82 Å². The minimum atomic E-state index is -0.210. The molecule has 1 N–H and O–H groups in total. The lowest BCUT2D eigenvalue weighted by Gasteiger charge is -2.24. The predicted molar refractivity (Wildman–Crippen MR) is 122 cm³/mol. The zero-order chi connectivity index (χ0) is 22.5. The third-order valence-corrected chi connectivity index (χ3v) is 5.92. The molecule has 33 heavy (non-hydrogen) atoms. The second-order valence-electron chi connectivity index (χ2n) is 8.26. The van der Waals surface area contributed by atoms with Gasteiger partial charge in [-0.1, -0.05) is 36.4 Å². The molecule has 0 radical (unpaired) electrons. The van der Waals surface area contributed by atoms with Gasteiger partial charge in [0.2, 0.25) is 12.7 Å². The molecule has 1 amide bonds. The highest BCUT2D eigenvalue weighted by Gasteiger charge is 2.35. The van der Waals surface area contributed by atoms with Crippen molar-refractivity contribution in [3.8, 4) is 28.7 Å². The Kier molecular flexibility index (Phi) is 4.39. The van der Waals surface area contributed by atoms with Crippen LogP contribution in [0.2, 0.25) is 0 Å². The van der Waals surface area contributed by atoms with Crippen molar-refractivity contribution in [2.24, 2.45) is 0 Å². The number of anilines is 1. The smallest absolute Gasteiger partial charge is 0.252 e. The maximum absolute atomic E-state index is 12.9. The molecule has 0 spiro atoms. The van der Waals surface area contributed by atoms with E-state index in [1.807, 2.05) is 68.4 Å². The lowest BCUT2D eigenvalue weighted by atomic mass is 9.84. The zero-order valence-electron chi connectivity index (χ0n) is 18.2. The fraction of sp³-hybridized carbons (Fsp3) is 0.200. The Hall–Kier alpha value is -4.20. The largest absolute Gasteiger partial charge is 0.454 e. The zero-order valence-corrected chi connectivity index (χ0v) is 18.2. The number of benzene rings is 2. The standard InChI is InChI=1S/C25H21N5O3/c1-14-10-15(2)27-25(26-14)30-24-22(23(29-30)16-6-4-3-5-7-16)18(12-21(31)28-24)17-8-9-19-20(11-17)33-13-32-19/h3-11,18H,12-13H2,1-2H3,(H,28,31)/t18-/m1/s1. The van der Waals surface area contributed by atoms with Crippen LogP contribution in [-0.2, 0) is 4.79 Å². The highest BCUT2D eigenvalue weighted by molar-refractivity contribution is 5.96. The summed E-state index contributed by atoms with van der Waals surface area (Å²) in [6, 6.07) is 17.7. The Labute approximate surface area is 190 Å². The maximum Gasteiger partial charge on any atom is 0.252 e. The van der Waals surface area contributed by atoms with E-state index in [1.165, 1.54) is 0 Å². The van der Waals surface area contributed by atoms with E-state index in [9.17, 15) is 4.79 Å². The first-order valence-electron chi connectivity index (χ1n) is 10.8. The van der Waals surface area contributed by atoms with Crippen LogP contribution in [-0.4, -0.2) is 32.4 Å². The van der Waals surface area contributed by atoms with E-state index in [4.69, 9.17) is 14.6 Å². The molecule has 2 aliphatic rings. The molecule has 0 saturated carbocycles. The number of aryl methyl sites for hydroxylation is 2. The van der Waals surface area contributed by atoms with Gasteiger partial charge in [0.15, 0.2) is 11.5 Å². The average molecular weight is 439 g/mol. The molecule has 6 rings (SSSR count). The van der Waals surface area contributed by atoms with Crippen LogP contribution in [0.5, 0.6) is 11.5 Å². The summed E-state index contributed by atoms with van der Waals surface area (Å²) in [5.41, 5.74) is 5.31. The van der Waals surface area contributed by atoms with Crippen molar-refractivity contribution in [3.05, 3.63) is 77.1 Å². The van der Waals surface area contributed by atoms with Crippen molar-refractivity contribution in [1.82, 2.24) is 19.7 Å². The summed E-state index contributed by atoms with van der Waals surface area (Å²) >= 11 is 0. The van der Waals surface area contributed by atoms with Crippen LogP contribution in [0.25, 0.3) is 17.2 Å². The minimum Gasteiger partial charge on any atom is -0.454 e. The van der Waals surface area contributed by atoms with Gasteiger partial charge in [0, 0.05) is 34.9 Å². The number of fused-ring (bicyclic) bond motifs is 2. The number of nitrogens with one attached hydrogen (secondary N) is 1. The summed E-state index contributed by atoms with van der Waals surface area (Å²) in [4.78, 5) is 22.0. The fourth-order valence-corrected chi connectivity index (χ4v) is 4.52. The van der Waals surface area contributed by atoms with Gasteiger partial charge >= 0.3 is 0 Å². The molecule has 2 aliphatic heterocycles. The lowest BCUT2D eigenvalue weighted by molar-refractivity contribution is -0.116. The molecule has 4 aromatic rings. The molecule has 1 atom stereocenters. The number of ether oxygens (including phenoxy) is 2. The third-order valence-electron chi connectivity index (χ3n) is 5.92. The third kappa shape index (κ3) is 3.31. The van der Waals surface area contributed by atoms with Gasteiger partial charge in [0.25, 0.3) is 5.95 Å². The molecule has 2 aromatic heterocycles. The van der Waals surface area contributed by atoms with E-state index >= 15 is 0 Å². The van der Waals surface area contributed by atoms with Gasteiger partial charge in [0.05, 0.1) is 5.69 Å². The van der Waals surface area contributed by atoms with Crippen LogP contribution in [0.15, 0.2) is 54.6 Å². The SMILES string of the molecule is Cc1cc(C)nc(-n2nc(-c3ccccc3)c3c2NC(=O)C[C@@H]3c2ccc3c(c2)OCO3)n1. The molecule has 8 heteroatoms. The van der Waals surface area contributed by atoms with Crippen LogP contribution >= 0.6 is 0 Å². The van der Waals surface area contributed by atoms with Gasteiger partial charge in [-0.15, -0.1) is 0 Å². The van der Waals surface area contributed by atoms with Gasteiger partial charge in [-0.3, -0.25) is 4.79 Å². The Bertz CT molecular complexity index is 1380. The van der Waals surface area contributed by atoms with Crippen molar-refractivity contribution >= 4 is 11.7 Å². The van der Waals surface area contributed by atoms with Crippen LogP contribution in [0.3, 0.4) is 0 Å². The van der Waals surface area contributed by atoms with Crippen LogP contribution in [0.4, 0.5) is 5.82 Å². The molecule has 4 heterocycles. The first kappa shape index (κ1) is 19.5. The van der Waals surface area contributed by atoms with E-state index in [-0.39, 0.29) is 18.6 Å². The van der Waals surface area contributed by atoms with Gasteiger partial charge in [-0.2, -0.15) is 9.78 Å². The van der Waals surface area contributed by atoms with Gasteiger partial charge in [-0.25, -0.2) is 9.97 Å². The molecule has 2 aromatic carbocycles. The quantitative estimate of drug-likeness (QED) is 0.516. The summed E-state index contributed by atoms with van der Waals surface area (Å²) in [6.07, 6.45) is 0.297. The molecule has 0 fully saturated rings. The van der Waals surface area contributed by atoms with E-state index in [0.29, 0.717) is 29.7 Å². The van der Waals surface area contributed by atoms with Crippen molar-refractivity contribution in [2.75, 3.05) is 12.1 Å². The molecule has 8 nitrogen and oxygen atoms in total. The Morgan fingerprint density at radius 1 is 0.970 bits per heavy atom. The highest BCUT2D eigenvalue weighted by atomic mass is 16.7. The van der Waals surface area contributed by atoms with Crippen molar-refractivity contribution in [3.63, 3.8) is 0 Å². The number of hydrogen-bond acceptors (Lipinski definition) is 6. The Morgan fingerprint density at radius 3 is 2.52 bits per heavy atom. The minimum absolute atomic E-state index is 0.0877. The summed E-state index contributed by atoms with van der Waals surface area (Å²) in [5.74, 6) is 2.12. The molecule has 0 bridgehead atoms.